The van der Waals surface area contributed by atoms with Crippen molar-refractivity contribution in [3.05, 3.63) is 28.2 Å². The zero-order valence-corrected chi connectivity index (χ0v) is 10.4. The Kier molecular flexibility index (Phi) is 3.44. The molecule has 0 spiro atoms. The third kappa shape index (κ3) is 2.07. The summed E-state index contributed by atoms with van der Waals surface area (Å²) in [5.41, 5.74) is -0.118. The van der Waals surface area contributed by atoms with Crippen LogP contribution in [0.4, 0.5) is 14.5 Å². The van der Waals surface area contributed by atoms with Crippen molar-refractivity contribution in [2.24, 2.45) is 0 Å². The maximum Gasteiger partial charge on any atom is 0.227 e. The summed E-state index contributed by atoms with van der Waals surface area (Å²) in [7, 11) is 0. The number of carbonyl (C=O) groups is 1. The Morgan fingerprint density at radius 2 is 2.12 bits per heavy atom. The highest BCUT2D eigenvalue weighted by Crippen LogP contribution is 2.32. The Labute approximate surface area is 105 Å². The fourth-order valence-electron chi connectivity index (χ4n) is 1.95. The van der Waals surface area contributed by atoms with Crippen molar-refractivity contribution >= 4 is 27.5 Å². The zero-order chi connectivity index (χ0) is 12.6. The molecule has 1 aromatic carbocycles. The van der Waals surface area contributed by atoms with E-state index in [4.69, 9.17) is 5.11 Å². The lowest BCUT2D eigenvalue weighted by molar-refractivity contribution is -0.117. The summed E-state index contributed by atoms with van der Waals surface area (Å²) in [6.45, 7) is -0.261. The molecule has 1 aliphatic rings. The Morgan fingerprint density at radius 3 is 2.76 bits per heavy atom. The quantitative estimate of drug-likeness (QED) is 0.851. The van der Waals surface area contributed by atoms with Crippen LogP contribution in [0.2, 0.25) is 0 Å². The lowest BCUT2D eigenvalue weighted by Crippen LogP contribution is -2.36. The third-order valence-electron chi connectivity index (χ3n) is 2.81. The molecule has 0 aromatic heterocycles. The number of benzene rings is 1. The largest absolute Gasteiger partial charge is 0.394 e. The van der Waals surface area contributed by atoms with Crippen molar-refractivity contribution in [2.75, 3.05) is 11.5 Å². The molecule has 2 rings (SSSR count). The lowest BCUT2D eigenvalue weighted by atomic mass is 10.2. The second kappa shape index (κ2) is 4.70. The summed E-state index contributed by atoms with van der Waals surface area (Å²) >= 11 is 2.87. The third-order valence-corrected chi connectivity index (χ3v) is 3.42. The topological polar surface area (TPSA) is 40.5 Å². The Bertz CT molecular complexity index is 467. The molecule has 1 amide bonds. The minimum atomic E-state index is -1.08. The van der Waals surface area contributed by atoms with Gasteiger partial charge in [-0.05, 0) is 34.5 Å². The van der Waals surface area contributed by atoms with Crippen LogP contribution in [0.15, 0.2) is 16.6 Å². The number of anilines is 1. The standard InChI is InChI=1S/C11H10BrF2NO2/c12-7-2-3-8(11(14)10(7)13)15-6(5-16)1-4-9(15)17/h2-3,6,16H,1,4-5H2. The van der Waals surface area contributed by atoms with Gasteiger partial charge in [0.2, 0.25) is 5.91 Å². The van der Waals surface area contributed by atoms with Gasteiger partial charge in [0.1, 0.15) is 0 Å². The monoisotopic (exact) mass is 305 g/mol. The maximum atomic E-state index is 13.7. The van der Waals surface area contributed by atoms with Gasteiger partial charge in [0.05, 0.1) is 22.8 Å². The van der Waals surface area contributed by atoms with Crippen molar-refractivity contribution in [3.8, 4) is 0 Å². The van der Waals surface area contributed by atoms with Crippen molar-refractivity contribution in [3.63, 3.8) is 0 Å². The number of halogens is 3. The summed E-state index contributed by atoms with van der Waals surface area (Å²) in [6.07, 6.45) is 0.689. The number of aliphatic hydroxyl groups is 1. The van der Waals surface area contributed by atoms with Crippen LogP contribution in [0.25, 0.3) is 0 Å². The molecule has 1 aromatic rings. The minimum Gasteiger partial charge on any atom is -0.394 e. The molecule has 1 N–H and O–H groups in total. The molecule has 0 bridgehead atoms. The van der Waals surface area contributed by atoms with Gasteiger partial charge >= 0.3 is 0 Å². The van der Waals surface area contributed by atoms with Crippen molar-refractivity contribution < 1.29 is 18.7 Å². The van der Waals surface area contributed by atoms with Crippen molar-refractivity contribution in [1.29, 1.82) is 0 Å². The highest BCUT2D eigenvalue weighted by atomic mass is 79.9. The number of hydrogen-bond acceptors (Lipinski definition) is 2. The normalized spacial score (nSPS) is 20.1. The average molecular weight is 306 g/mol. The molecule has 92 valence electrons. The maximum absolute atomic E-state index is 13.7. The summed E-state index contributed by atoms with van der Waals surface area (Å²) in [5, 5.41) is 9.11. The number of hydrogen-bond donors (Lipinski definition) is 1. The van der Waals surface area contributed by atoms with E-state index in [9.17, 15) is 13.6 Å². The van der Waals surface area contributed by atoms with E-state index in [1.54, 1.807) is 0 Å². The SMILES string of the molecule is O=C1CCC(CO)N1c1ccc(Br)c(F)c1F. The van der Waals surface area contributed by atoms with Gasteiger partial charge < -0.3 is 10.0 Å². The summed E-state index contributed by atoms with van der Waals surface area (Å²) in [5.74, 6) is -2.41. The Morgan fingerprint density at radius 1 is 1.41 bits per heavy atom. The predicted octanol–water partition coefficient (Wildman–Crippen LogP) is 2.21. The van der Waals surface area contributed by atoms with Gasteiger partial charge in [0.15, 0.2) is 11.6 Å². The van der Waals surface area contributed by atoms with E-state index in [2.05, 4.69) is 15.9 Å². The van der Waals surface area contributed by atoms with E-state index in [0.29, 0.717) is 6.42 Å². The van der Waals surface area contributed by atoms with Crippen LogP contribution in [0, 0.1) is 11.6 Å². The van der Waals surface area contributed by atoms with E-state index in [1.165, 1.54) is 12.1 Å². The van der Waals surface area contributed by atoms with Crippen LogP contribution in [0.5, 0.6) is 0 Å². The van der Waals surface area contributed by atoms with Crippen molar-refractivity contribution in [1.82, 2.24) is 0 Å². The van der Waals surface area contributed by atoms with Crippen molar-refractivity contribution in [2.45, 2.75) is 18.9 Å². The van der Waals surface area contributed by atoms with Gasteiger partial charge in [-0.3, -0.25) is 4.79 Å². The lowest BCUT2D eigenvalue weighted by Gasteiger charge is -2.23. The fourth-order valence-corrected chi connectivity index (χ4v) is 2.26. The van der Waals surface area contributed by atoms with Crippen LogP contribution >= 0.6 is 15.9 Å². The highest BCUT2D eigenvalue weighted by molar-refractivity contribution is 9.10. The van der Waals surface area contributed by atoms with Crippen LogP contribution in [-0.2, 0) is 4.79 Å². The second-order valence-electron chi connectivity index (χ2n) is 3.83. The predicted molar refractivity (Wildman–Crippen MR) is 61.7 cm³/mol. The van der Waals surface area contributed by atoms with E-state index < -0.39 is 17.7 Å². The number of nitrogens with zero attached hydrogens (tertiary/aromatic N) is 1. The first-order valence-electron chi connectivity index (χ1n) is 5.12. The molecular formula is C11H10BrF2NO2. The molecular weight excluding hydrogens is 296 g/mol. The number of carbonyl (C=O) groups excluding carboxylic acids is 1. The summed E-state index contributed by atoms with van der Waals surface area (Å²) < 4.78 is 27.1. The van der Waals surface area contributed by atoms with Gasteiger partial charge in [-0.15, -0.1) is 0 Å². The van der Waals surface area contributed by atoms with Crippen LogP contribution in [-0.4, -0.2) is 23.7 Å². The highest BCUT2D eigenvalue weighted by Gasteiger charge is 2.34. The molecule has 1 fully saturated rings. The second-order valence-corrected chi connectivity index (χ2v) is 4.69. The van der Waals surface area contributed by atoms with E-state index in [-0.39, 0.29) is 29.1 Å². The molecule has 1 saturated heterocycles. The molecule has 1 heterocycles. The van der Waals surface area contributed by atoms with E-state index >= 15 is 0 Å². The van der Waals surface area contributed by atoms with Gasteiger partial charge in [0.25, 0.3) is 0 Å². The molecule has 1 unspecified atom stereocenters. The van der Waals surface area contributed by atoms with Gasteiger partial charge in [-0.1, -0.05) is 0 Å². The van der Waals surface area contributed by atoms with E-state index in [0.717, 1.165) is 4.90 Å². The minimum absolute atomic E-state index is 0.00550. The van der Waals surface area contributed by atoms with Crippen LogP contribution in [0.1, 0.15) is 12.8 Å². The molecule has 6 heteroatoms. The van der Waals surface area contributed by atoms with Gasteiger partial charge in [0, 0.05) is 6.42 Å². The van der Waals surface area contributed by atoms with Crippen LogP contribution in [0.3, 0.4) is 0 Å². The number of aliphatic hydroxyl groups excluding tert-OH is 1. The summed E-state index contributed by atoms with van der Waals surface area (Å²) in [6, 6.07) is 2.19. The van der Waals surface area contributed by atoms with E-state index in [1.807, 2.05) is 0 Å². The molecule has 0 saturated carbocycles. The molecule has 0 radical (unpaired) electrons. The first-order chi connectivity index (χ1) is 8.06. The first-order valence-corrected chi connectivity index (χ1v) is 5.92. The Balaban J connectivity index is 2.46. The molecule has 3 nitrogen and oxygen atoms in total. The molecule has 1 aliphatic heterocycles. The Hall–Kier alpha value is -1.01. The number of amides is 1. The molecule has 1 atom stereocenters. The summed E-state index contributed by atoms with van der Waals surface area (Å²) in [4.78, 5) is 12.7. The fraction of sp³-hybridized carbons (Fsp3) is 0.364. The molecule has 17 heavy (non-hydrogen) atoms. The smallest absolute Gasteiger partial charge is 0.227 e. The zero-order valence-electron chi connectivity index (χ0n) is 8.79. The van der Waals surface area contributed by atoms with Gasteiger partial charge in [-0.25, -0.2) is 8.78 Å². The average Bonchev–Trinajstić information content (AvgIpc) is 2.68. The number of rotatable bonds is 2. The van der Waals surface area contributed by atoms with Gasteiger partial charge in [-0.2, -0.15) is 0 Å². The first kappa shape index (κ1) is 12.4. The molecule has 0 aliphatic carbocycles. The van der Waals surface area contributed by atoms with Crippen LogP contribution < -0.4 is 4.90 Å².